The van der Waals surface area contributed by atoms with Crippen molar-refractivity contribution in [1.29, 1.82) is 0 Å². The second kappa shape index (κ2) is 10.1. The highest BCUT2D eigenvalue weighted by Gasteiger charge is 2.18. The van der Waals surface area contributed by atoms with E-state index in [1.165, 1.54) is 37.5 Å². The number of benzene rings is 2. The van der Waals surface area contributed by atoms with Gasteiger partial charge in [0.2, 0.25) is 0 Å². The molecule has 1 fully saturated rings. The van der Waals surface area contributed by atoms with E-state index in [-0.39, 0.29) is 11.3 Å². The first-order valence-electron chi connectivity index (χ1n) is 9.79. The normalized spacial score (nSPS) is 17.9. The number of hydrogen-bond donors (Lipinski definition) is 0. The van der Waals surface area contributed by atoms with Crippen molar-refractivity contribution >= 4 is 23.1 Å². The smallest absolute Gasteiger partial charge is 0.150 e. The van der Waals surface area contributed by atoms with Gasteiger partial charge in [0, 0.05) is 17.0 Å². The Kier molecular flexibility index (Phi) is 7.31. The summed E-state index contributed by atoms with van der Waals surface area (Å²) >= 11 is 4.47. The van der Waals surface area contributed by atoms with Gasteiger partial charge in [-0.05, 0) is 80.2 Å². The molecule has 1 aliphatic carbocycles. The van der Waals surface area contributed by atoms with Crippen LogP contribution in [0.3, 0.4) is 0 Å². The summed E-state index contributed by atoms with van der Waals surface area (Å²) in [6.45, 7) is 2.24. The number of hydrogen-bond acceptors (Lipinski definition) is 2. The Morgan fingerprint density at radius 2 is 1.62 bits per heavy atom. The predicted octanol–water partition coefficient (Wildman–Crippen LogP) is 6.67. The topological polar surface area (TPSA) is 12.4 Å². The third kappa shape index (κ3) is 5.85. The van der Waals surface area contributed by atoms with Crippen LogP contribution in [-0.2, 0) is 0 Å². The van der Waals surface area contributed by atoms with Gasteiger partial charge in [-0.25, -0.2) is 8.78 Å². The summed E-state index contributed by atoms with van der Waals surface area (Å²) in [5.41, 5.74) is 1.43. The van der Waals surface area contributed by atoms with E-state index in [2.05, 4.69) is 53.0 Å². The third-order valence-electron chi connectivity index (χ3n) is 5.27. The molecule has 2 aromatic rings. The minimum Gasteiger partial charge on any atom is -0.206 e. The molecular formula is C25H21F2NS. The number of aliphatic imine (C=N–C) groups is 1. The lowest BCUT2D eigenvalue weighted by molar-refractivity contribution is 0.309. The maximum Gasteiger partial charge on any atom is 0.150 e. The zero-order valence-electron chi connectivity index (χ0n) is 16.3. The molecule has 2 aromatic carbocycles. The monoisotopic (exact) mass is 405 g/mol. The van der Waals surface area contributed by atoms with Crippen molar-refractivity contribution in [2.75, 3.05) is 0 Å². The van der Waals surface area contributed by atoms with E-state index >= 15 is 0 Å². The van der Waals surface area contributed by atoms with Crippen molar-refractivity contribution in [3.63, 3.8) is 0 Å². The van der Waals surface area contributed by atoms with Crippen LogP contribution >= 0.6 is 12.2 Å². The van der Waals surface area contributed by atoms with Crippen molar-refractivity contribution in [3.05, 3.63) is 64.7 Å². The second-order valence-electron chi connectivity index (χ2n) is 7.21. The van der Waals surface area contributed by atoms with Crippen LogP contribution in [0.15, 0.2) is 41.4 Å². The lowest BCUT2D eigenvalue weighted by Gasteiger charge is -2.24. The minimum atomic E-state index is -0.548. The number of isothiocyanates is 1. The van der Waals surface area contributed by atoms with Crippen LogP contribution in [0.1, 0.15) is 55.7 Å². The quantitative estimate of drug-likeness (QED) is 0.309. The molecule has 1 nitrogen and oxygen atoms in total. The van der Waals surface area contributed by atoms with Crippen LogP contribution in [0, 0.1) is 47.2 Å². The van der Waals surface area contributed by atoms with Crippen molar-refractivity contribution in [2.45, 2.75) is 39.0 Å². The fourth-order valence-corrected chi connectivity index (χ4v) is 3.56. The van der Waals surface area contributed by atoms with E-state index < -0.39 is 11.6 Å². The van der Waals surface area contributed by atoms with E-state index in [0.717, 1.165) is 18.8 Å². The summed E-state index contributed by atoms with van der Waals surface area (Å²) in [5.74, 6) is 12.2. The first-order valence-corrected chi connectivity index (χ1v) is 10.2. The van der Waals surface area contributed by atoms with Gasteiger partial charge < -0.3 is 0 Å². The fourth-order valence-electron chi connectivity index (χ4n) is 3.46. The van der Waals surface area contributed by atoms with Crippen LogP contribution < -0.4 is 0 Å². The van der Waals surface area contributed by atoms with E-state index in [4.69, 9.17) is 0 Å². The largest absolute Gasteiger partial charge is 0.206 e. The molecule has 0 atom stereocenters. The molecular weight excluding hydrogens is 384 g/mol. The highest BCUT2D eigenvalue weighted by Crippen LogP contribution is 2.30. The molecule has 0 heterocycles. The Balaban J connectivity index is 1.70. The van der Waals surface area contributed by atoms with E-state index in [1.54, 1.807) is 18.2 Å². The molecule has 1 aliphatic rings. The average Bonchev–Trinajstić information content (AvgIpc) is 2.74. The van der Waals surface area contributed by atoms with Crippen molar-refractivity contribution in [1.82, 2.24) is 0 Å². The van der Waals surface area contributed by atoms with E-state index in [1.807, 2.05) is 0 Å². The van der Waals surface area contributed by atoms with Crippen LogP contribution in [-0.4, -0.2) is 5.16 Å². The molecule has 0 unspecified atom stereocenters. The van der Waals surface area contributed by atoms with Crippen LogP contribution in [0.25, 0.3) is 0 Å². The third-order valence-corrected chi connectivity index (χ3v) is 5.36. The summed E-state index contributed by atoms with van der Waals surface area (Å²) in [4.78, 5) is 3.62. The van der Waals surface area contributed by atoms with Gasteiger partial charge in [-0.2, -0.15) is 4.99 Å². The Bertz CT molecular complexity index is 1050. The Morgan fingerprint density at radius 1 is 0.931 bits per heavy atom. The fraction of sp³-hybridized carbons (Fsp3) is 0.320. The molecule has 0 spiro atoms. The number of rotatable bonds is 2. The van der Waals surface area contributed by atoms with E-state index in [9.17, 15) is 8.78 Å². The van der Waals surface area contributed by atoms with Crippen molar-refractivity contribution in [2.24, 2.45) is 16.8 Å². The van der Waals surface area contributed by atoms with Crippen LogP contribution in [0.5, 0.6) is 0 Å². The Labute approximate surface area is 176 Å². The van der Waals surface area contributed by atoms with Gasteiger partial charge in [0.25, 0.3) is 0 Å². The maximum atomic E-state index is 14.4. The van der Waals surface area contributed by atoms with Gasteiger partial charge in [0.1, 0.15) is 11.5 Å². The maximum absolute atomic E-state index is 14.4. The summed E-state index contributed by atoms with van der Waals surface area (Å²) in [6, 6.07) is 9.10. The molecule has 0 bridgehead atoms. The second-order valence-corrected chi connectivity index (χ2v) is 7.39. The summed E-state index contributed by atoms with van der Waals surface area (Å²) in [6.07, 6.45) is 5.97. The first kappa shape index (κ1) is 20.9. The zero-order chi connectivity index (χ0) is 20.6. The standard InChI is InChI=1S/C25H21F2NS/c1-2-18-3-5-19(6-4-18)7-8-20-9-12-22(23(26)15-20)13-10-21-11-14-25(28-17-29)24(27)16-21/h9,11-12,14-16,18-19H,2-6H2,1H3. The molecule has 4 heteroatoms. The zero-order valence-corrected chi connectivity index (χ0v) is 17.1. The van der Waals surface area contributed by atoms with Crippen LogP contribution in [0.2, 0.25) is 0 Å². The lowest BCUT2D eigenvalue weighted by Crippen LogP contribution is -2.12. The van der Waals surface area contributed by atoms with Crippen molar-refractivity contribution in [3.8, 4) is 23.7 Å². The molecule has 146 valence electrons. The molecule has 0 aromatic heterocycles. The summed E-state index contributed by atoms with van der Waals surface area (Å²) < 4.78 is 28.2. The lowest BCUT2D eigenvalue weighted by atomic mass is 9.81. The van der Waals surface area contributed by atoms with Gasteiger partial charge in [0.15, 0.2) is 5.82 Å². The van der Waals surface area contributed by atoms with Crippen molar-refractivity contribution < 1.29 is 8.78 Å². The van der Waals surface area contributed by atoms with Gasteiger partial charge in [0.05, 0.1) is 10.7 Å². The molecule has 29 heavy (non-hydrogen) atoms. The Hall–Kier alpha value is -2.78. The summed E-state index contributed by atoms with van der Waals surface area (Å²) in [7, 11) is 0. The molecule has 0 amide bonds. The summed E-state index contributed by atoms with van der Waals surface area (Å²) in [5, 5.41) is 2.12. The SMILES string of the molecule is CCC1CCC(C#Cc2ccc(C#Cc3ccc(N=C=S)c(F)c3)c(F)c2)CC1. The molecule has 0 radical (unpaired) electrons. The number of halogens is 2. The molecule has 0 saturated heterocycles. The molecule has 3 rings (SSSR count). The predicted molar refractivity (Wildman–Crippen MR) is 116 cm³/mol. The highest BCUT2D eigenvalue weighted by atomic mass is 32.1. The number of nitrogens with zero attached hydrogens (tertiary/aromatic N) is 1. The average molecular weight is 406 g/mol. The molecule has 0 aliphatic heterocycles. The van der Waals surface area contributed by atoms with Gasteiger partial charge in [-0.15, -0.1) is 0 Å². The number of thiocarbonyl (C=S) groups is 1. The van der Waals surface area contributed by atoms with E-state index in [0.29, 0.717) is 17.0 Å². The van der Waals surface area contributed by atoms with Gasteiger partial charge in [-0.3, -0.25) is 0 Å². The molecule has 1 saturated carbocycles. The van der Waals surface area contributed by atoms with Crippen LogP contribution in [0.4, 0.5) is 14.5 Å². The first-order chi connectivity index (χ1) is 14.1. The Morgan fingerprint density at radius 3 is 2.28 bits per heavy atom. The minimum absolute atomic E-state index is 0.0999. The van der Waals surface area contributed by atoms with Gasteiger partial charge in [-0.1, -0.05) is 37.0 Å². The molecule has 0 N–H and O–H groups in total. The highest BCUT2D eigenvalue weighted by molar-refractivity contribution is 7.78. The van der Waals surface area contributed by atoms with Gasteiger partial charge >= 0.3 is 0 Å².